The topological polar surface area (TPSA) is 122 Å². The monoisotopic (exact) mass is 512 g/mol. The first-order chi connectivity index (χ1) is 18.4. The predicted molar refractivity (Wildman–Crippen MR) is 138 cm³/mol. The molecule has 0 saturated carbocycles. The van der Waals surface area contributed by atoms with Gasteiger partial charge in [-0.3, -0.25) is 29.8 Å². The highest BCUT2D eigenvalue weighted by molar-refractivity contribution is 5.99. The van der Waals surface area contributed by atoms with Crippen LogP contribution in [0.3, 0.4) is 0 Å². The van der Waals surface area contributed by atoms with Crippen LogP contribution in [0, 0.1) is 0 Å². The number of anilines is 1. The Morgan fingerprint density at radius 1 is 0.895 bits per heavy atom. The quantitative estimate of drug-likeness (QED) is 0.388. The standard InChI is InChI=1S/C29H28N4O5/c34-25-16-21(19-11-5-2-6-12-19)31-28-29(37,20-13-7-8-14-23(20)32(25)28)17-24-26(35)30-22(27(36)33(24)38)15-18-9-3-1-4-10-18/h1-14,21-22,24,28,31,37-38H,15-17H2,(H,30,35)/t21-,22-,24+,28+,29-/m0/s1. The summed E-state index contributed by atoms with van der Waals surface area (Å²) < 4.78 is 0. The van der Waals surface area contributed by atoms with Gasteiger partial charge in [-0.25, -0.2) is 5.06 Å². The van der Waals surface area contributed by atoms with E-state index >= 15 is 0 Å². The van der Waals surface area contributed by atoms with E-state index in [1.54, 1.807) is 24.3 Å². The maximum atomic E-state index is 13.4. The molecule has 38 heavy (non-hydrogen) atoms. The van der Waals surface area contributed by atoms with E-state index in [-0.39, 0.29) is 31.2 Å². The molecule has 6 rings (SSSR count). The van der Waals surface area contributed by atoms with Crippen LogP contribution in [0.4, 0.5) is 5.69 Å². The molecule has 0 bridgehead atoms. The summed E-state index contributed by atoms with van der Waals surface area (Å²) in [7, 11) is 0. The van der Waals surface area contributed by atoms with Crippen LogP contribution in [0.1, 0.15) is 35.6 Å². The summed E-state index contributed by atoms with van der Waals surface area (Å²) in [5.74, 6) is -1.39. The zero-order valence-electron chi connectivity index (χ0n) is 20.5. The highest BCUT2D eigenvalue weighted by Gasteiger charge is 2.57. The van der Waals surface area contributed by atoms with Gasteiger partial charge in [0.05, 0.1) is 5.69 Å². The van der Waals surface area contributed by atoms with Crippen molar-refractivity contribution in [2.75, 3.05) is 4.90 Å². The average Bonchev–Trinajstić information content (AvgIpc) is 3.19. The minimum Gasteiger partial charge on any atom is -0.381 e. The number of carbonyl (C=O) groups is 3. The summed E-state index contributed by atoms with van der Waals surface area (Å²) >= 11 is 0. The SMILES string of the molecule is O=C1N[C@@H](Cc2ccccc2)C(=O)N(O)[C@@H]1C[C@]1(O)c2ccccc2N2C(=O)C[C@@H](c3ccccc3)N[C@H]21. The van der Waals surface area contributed by atoms with Crippen molar-refractivity contribution in [2.24, 2.45) is 0 Å². The van der Waals surface area contributed by atoms with Crippen molar-refractivity contribution in [3.8, 4) is 0 Å². The fraction of sp³-hybridized carbons (Fsp3) is 0.276. The van der Waals surface area contributed by atoms with E-state index in [0.29, 0.717) is 16.3 Å². The van der Waals surface area contributed by atoms with E-state index in [9.17, 15) is 24.7 Å². The van der Waals surface area contributed by atoms with E-state index < -0.39 is 35.7 Å². The normalized spacial score (nSPS) is 28.6. The second-order valence-corrected chi connectivity index (χ2v) is 10.1. The van der Waals surface area contributed by atoms with E-state index in [2.05, 4.69) is 10.6 Å². The van der Waals surface area contributed by atoms with Crippen LogP contribution in [-0.2, 0) is 26.4 Å². The van der Waals surface area contributed by atoms with Gasteiger partial charge in [-0.2, -0.15) is 0 Å². The number of amides is 3. The Labute approximate surface area is 219 Å². The number of hydrogen-bond acceptors (Lipinski definition) is 6. The van der Waals surface area contributed by atoms with Crippen molar-refractivity contribution in [2.45, 2.75) is 49.2 Å². The number of hydrogen-bond donors (Lipinski definition) is 4. The molecule has 5 atom stereocenters. The molecule has 3 amide bonds. The maximum absolute atomic E-state index is 13.4. The molecule has 3 heterocycles. The van der Waals surface area contributed by atoms with E-state index in [4.69, 9.17) is 0 Å². The third-order valence-corrected chi connectivity index (χ3v) is 7.77. The zero-order chi connectivity index (χ0) is 26.4. The first kappa shape index (κ1) is 24.3. The maximum Gasteiger partial charge on any atom is 0.269 e. The Morgan fingerprint density at radius 3 is 2.29 bits per heavy atom. The number of carbonyl (C=O) groups excluding carboxylic acids is 3. The third kappa shape index (κ3) is 3.96. The zero-order valence-corrected chi connectivity index (χ0v) is 20.5. The Balaban J connectivity index is 1.30. The Bertz CT molecular complexity index is 1380. The van der Waals surface area contributed by atoms with Crippen LogP contribution in [0.5, 0.6) is 0 Å². The van der Waals surface area contributed by atoms with Crippen LogP contribution in [0.25, 0.3) is 0 Å². The van der Waals surface area contributed by atoms with Gasteiger partial charge in [0, 0.05) is 30.9 Å². The summed E-state index contributed by atoms with van der Waals surface area (Å²) in [5.41, 5.74) is 0.985. The fourth-order valence-electron chi connectivity index (χ4n) is 5.90. The second-order valence-electron chi connectivity index (χ2n) is 10.1. The predicted octanol–water partition coefficient (Wildman–Crippen LogP) is 2.00. The van der Waals surface area contributed by atoms with Crippen molar-refractivity contribution in [1.29, 1.82) is 0 Å². The summed E-state index contributed by atoms with van der Waals surface area (Å²) in [6, 6.07) is 23.1. The molecular weight excluding hydrogens is 484 g/mol. The lowest BCUT2D eigenvalue weighted by Gasteiger charge is -2.44. The molecule has 0 aliphatic carbocycles. The molecule has 0 spiro atoms. The van der Waals surface area contributed by atoms with Gasteiger partial charge in [-0.15, -0.1) is 0 Å². The number of piperazine rings is 1. The van der Waals surface area contributed by atoms with Gasteiger partial charge < -0.3 is 10.4 Å². The van der Waals surface area contributed by atoms with Crippen molar-refractivity contribution in [3.63, 3.8) is 0 Å². The first-order valence-corrected chi connectivity index (χ1v) is 12.7. The average molecular weight is 513 g/mol. The smallest absolute Gasteiger partial charge is 0.269 e. The van der Waals surface area contributed by atoms with E-state index in [1.807, 2.05) is 60.7 Å². The first-order valence-electron chi connectivity index (χ1n) is 12.7. The minimum absolute atomic E-state index is 0.168. The van der Waals surface area contributed by atoms with Crippen LogP contribution >= 0.6 is 0 Å². The van der Waals surface area contributed by atoms with Gasteiger partial charge in [0.15, 0.2) is 0 Å². The number of nitrogens with zero attached hydrogens (tertiary/aromatic N) is 2. The van der Waals surface area contributed by atoms with Gasteiger partial charge in [-0.05, 0) is 17.2 Å². The lowest BCUT2D eigenvalue weighted by atomic mass is 9.84. The summed E-state index contributed by atoms with van der Waals surface area (Å²) in [6.45, 7) is 0. The van der Waals surface area contributed by atoms with Crippen molar-refractivity contribution in [1.82, 2.24) is 15.7 Å². The molecule has 2 saturated heterocycles. The van der Waals surface area contributed by atoms with Crippen molar-refractivity contribution < 1.29 is 24.7 Å². The van der Waals surface area contributed by atoms with Gasteiger partial charge in [0.25, 0.3) is 5.91 Å². The highest BCUT2D eigenvalue weighted by Crippen LogP contribution is 2.49. The molecule has 3 aromatic carbocycles. The Morgan fingerprint density at radius 2 is 1.55 bits per heavy atom. The van der Waals surface area contributed by atoms with Crippen molar-refractivity contribution >= 4 is 23.4 Å². The van der Waals surface area contributed by atoms with E-state index in [1.165, 1.54) is 4.90 Å². The van der Waals surface area contributed by atoms with Crippen LogP contribution in [0.15, 0.2) is 84.9 Å². The van der Waals surface area contributed by atoms with E-state index in [0.717, 1.165) is 11.1 Å². The van der Waals surface area contributed by atoms with Gasteiger partial charge in [-0.1, -0.05) is 78.9 Å². The Hall–Kier alpha value is -4.05. The molecule has 3 aromatic rings. The molecule has 2 fully saturated rings. The minimum atomic E-state index is -1.75. The molecule has 9 nitrogen and oxygen atoms in total. The molecule has 0 unspecified atom stereocenters. The fourth-order valence-corrected chi connectivity index (χ4v) is 5.90. The third-order valence-electron chi connectivity index (χ3n) is 7.77. The molecule has 3 aliphatic heterocycles. The molecule has 9 heteroatoms. The van der Waals surface area contributed by atoms with Crippen molar-refractivity contribution in [3.05, 3.63) is 102 Å². The summed E-state index contributed by atoms with van der Waals surface area (Å²) in [6.07, 6.45) is -0.780. The van der Waals surface area contributed by atoms with Gasteiger partial charge >= 0.3 is 0 Å². The lowest BCUT2D eigenvalue weighted by Crippen LogP contribution is -2.66. The number of nitrogens with one attached hydrogen (secondary N) is 2. The highest BCUT2D eigenvalue weighted by atomic mass is 16.5. The number of hydroxylamine groups is 2. The molecule has 194 valence electrons. The Kier molecular flexibility index (Phi) is 5.98. The number of aliphatic hydroxyl groups is 1. The van der Waals surface area contributed by atoms with Crippen LogP contribution < -0.4 is 15.5 Å². The second kappa shape index (κ2) is 9.36. The van der Waals surface area contributed by atoms with Crippen LogP contribution in [-0.4, -0.2) is 51.3 Å². The number of benzene rings is 3. The number of rotatable bonds is 5. The number of fused-ring (bicyclic) bond motifs is 3. The molecular formula is C29H28N4O5. The van der Waals surface area contributed by atoms with Crippen LogP contribution in [0.2, 0.25) is 0 Å². The number of para-hydroxylation sites is 1. The molecule has 0 radical (unpaired) electrons. The van der Waals surface area contributed by atoms with Gasteiger partial charge in [0.2, 0.25) is 11.8 Å². The summed E-state index contributed by atoms with van der Waals surface area (Å²) in [5, 5.41) is 29.7. The lowest BCUT2D eigenvalue weighted by molar-refractivity contribution is -0.195. The molecule has 4 N–H and O–H groups in total. The largest absolute Gasteiger partial charge is 0.381 e. The van der Waals surface area contributed by atoms with Gasteiger partial charge in [0.1, 0.15) is 23.9 Å². The molecule has 0 aromatic heterocycles. The summed E-state index contributed by atoms with van der Waals surface area (Å²) in [4.78, 5) is 41.2. The molecule has 3 aliphatic rings.